The van der Waals surface area contributed by atoms with Gasteiger partial charge in [0.15, 0.2) is 0 Å². The molecule has 1 amide bonds. The molecule has 0 saturated carbocycles. The van der Waals surface area contributed by atoms with Crippen LogP contribution in [0.3, 0.4) is 0 Å². The van der Waals surface area contributed by atoms with Gasteiger partial charge in [0.1, 0.15) is 5.69 Å². The standard InChI is InChI=1S/C23H20N4O/c1-17-8-5-6-12-20(17)22-21(16-27(26-22)19-10-3-2-4-11-19)23(28)25-15-18-9-7-13-24-14-18/h2-14,16H,15H2,1H3,(H,25,28). The maximum absolute atomic E-state index is 13.0. The highest BCUT2D eigenvalue weighted by Crippen LogP contribution is 2.26. The molecule has 0 atom stereocenters. The van der Waals surface area contributed by atoms with E-state index in [0.29, 0.717) is 17.8 Å². The molecular weight excluding hydrogens is 348 g/mol. The van der Waals surface area contributed by atoms with Gasteiger partial charge in [-0.15, -0.1) is 0 Å². The van der Waals surface area contributed by atoms with Crippen LogP contribution in [-0.4, -0.2) is 20.7 Å². The predicted molar refractivity (Wildman–Crippen MR) is 109 cm³/mol. The smallest absolute Gasteiger partial charge is 0.255 e. The fourth-order valence-electron chi connectivity index (χ4n) is 3.07. The van der Waals surface area contributed by atoms with Crippen molar-refractivity contribution in [2.45, 2.75) is 13.5 Å². The number of carbonyl (C=O) groups excluding carboxylic acids is 1. The van der Waals surface area contributed by atoms with E-state index in [4.69, 9.17) is 5.10 Å². The normalized spacial score (nSPS) is 10.6. The first kappa shape index (κ1) is 17.7. The minimum Gasteiger partial charge on any atom is -0.348 e. The number of nitrogens with one attached hydrogen (secondary N) is 1. The molecule has 4 rings (SSSR count). The molecule has 0 aliphatic rings. The summed E-state index contributed by atoms with van der Waals surface area (Å²) in [6.07, 6.45) is 5.25. The summed E-state index contributed by atoms with van der Waals surface area (Å²) < 4.78 is 1.75. The maximum atomic E-state index is 13.0. The summed E-state index contributed by atoms with van der Waals surface area (Å²) in [4.78, 5) is 17.1. The van der Waals surface area contributed by atoms with E-state index in [2.05, 4.69) is 10.3 Å². The number of aromatic nitrogens is 3. The van der Waals surface area contributed by atoms with E-state index in [1.807, 2.05) is 73.7 Å². The van der Waals surface area contributed by atoms with Crippen molar-refractivity contribution >= 4 is 5.91 Å². The lowest BCUT2D eigenvalue weighted by Gasteiger charge is -2.07. The summed E-state index contributed by atoms with van der Waals surface area (Å²) in [5, 5.41) is 7.71. The van der Waals surface area contributed by atoms with Gasteiger partial charge in [-0.05, 0) is 36.2 Å². The topological polar surface area (TPSA) is 59.8 Å². The Morgan fingerprint density at radius 1 is 1.00 bits per heavy atom. The highest BCUT2D eigenvalue weighted by molar-refractivity contribution is 6.00. The van der Waals surface area contributed by atoms with Gasteiger partial charge in [-0.3, -0.25) is 9.78 Å². The fraction of sp³-hybridized carbons (Fsp3) is 0.0870. The van der Waals surface area contributed by atoms with Crippen LogP contribution < -0.4 is 5.32 Å². The summed E-state index contributed by atoms with van der Waals surface area (Å²) in [7, 11) is 0. The van der Waals surface area contributed by atoms with E-state index in [1.54, 1.807) is 23.3 Å². The minimum atomic E-state index is -0.163. The van der Waals surface area contributed by atoms with Gasteiger partial charge in [0.05, 0.1) is 11.3 Å². The van der Waals surface area contributed by atoms with Gasteiger partial charge in [-0.1, -0.05) is 48.5 Å². The van der Waals surface area contributed by atoms with E-state index in [9.17, 15) is 4.79 Å². The molecule has 2 aromatic heterocycles. The second kappa shape index (κ2) is 7.88. The first-order valence-electron chi connectivity index (χ1n) is 9.10. The molecule has 138 valence electrons. The Morgan fingerprint density at radius 3 is 2.54 bits per heavy atom. The summed E-state index contributed by atoms with van der Waals surface area (Å²) in [5.41, 5.74) is 5.09. The lowest BCUT2D eigenvalue weighted by Crippen LogP contribution is -2.23. The Morgan fingerprint density at radius 2 is 1.79 bits per heavy atom. The summed E-state index contributed by atoms with van der Waals surface area (Å²) >= 11 is 0. The van der Waals surface area contributed by atoms with E-state index in [0.717, 1.165) is 22.4 Å². The lowest BCUT2D eigenvalue weighted by atomic mass is 10.0. The van der Waals surface area contributed by atoms with Crippen LogP contribution in [0.15, 0.2) is 85.3 Å². The molecule has 2 heterocycles. The largest absolute Gasteiger partial charge is 0.348 e. The molecule has 0 unspecified atom stereocenters. The number of hydrogen-bond acceptors (Lipinski definition) is 3. The number of para-hydroxylation sites is 1. The van der Waals surface area contributed by atoms with Gasteiger partial charge in [0, 0.05) is 30.7 Å². The molecule has 0 radical (unpaired) electrons. The molecule has 2 aromatic carbocycles. The van der Waals surface area contributed by atoms with Crippen molar-refractivity contribution < 1.29 is 4.79 Å². The average Bonchev–Trinajstić information content (AvgIpc) is 3.19. The molecule has 4 aromatic rings. The molecular formula is C23H20N4O. The Hall–Kier alpha value is -3.73. The quantitative estimate of drug-likeness (QED) is 0.575. The first-order chi connectivity index (χ1) is 13.7. The third kappa shape index (κ3) is 3.69. The molecule has 1 N–H and O–H groups in total. The molecule has 28 heavy (non-hydrogen) atoms. The number of rotatable bonds is 5. The number of amides is 1. The SMILES string of the molecule is Cc1ccccc1-c1nn(-c2ccccc2)cc1C(=O)NCc1cccnc1. The van der Waals surface area contributed by atoms with Gasteiger partial charge in [0.2, 0.25) is 0 Å². The van der Waals surface area contributed by atoms with Crippen LogP contribution in [0, 0.1) is 6.92 Å². The van der Waals surface area contributed by atoms with Gasteiger partial charge in [-0.25, -0.2) is 4.68 Å². The summed E-state index contributed by atoms with van der Waals surface area (Å²) in [5.74, 6) is -0.163. The zero-order valence-electron chi connectivity index (χ0n) is 15.5. The third-order valence-electron chi connectivity index (χ3n) is 4.56. The molecule has 0 bridgehead atoms. The van der Waals surface area contributed by atoms with Crippen molar-refractivity contribution in [3.8, 4) is 16.9 Å². The zero-order valence-corrected chi connectivity index (χ0v) is 15.5. The molecule has 0 aliphatic carbocycles. The number of pyridine rings is 1. The van der Waals surface area contributed by atoms with E-state index in [-0.39, 0.29) is 5.91 Å². The van der Waals surface area contributed by atoms with Gasteiger partial charge in [-0.2, -0.15) is 5.10 Å². The monoisotopic (exact) mass is 368 g/mol. The van der Waals surface area contributed by atoms with Crippen molar-refractivity contribution in [1.82, 2.24) is 20.1 Å². The van der Waals surface area contributed by atoms with E-state index >= 15 is 0 Å². The highest BCUT2D eigenvalue weighted by atomic mass is 16.1. The predicted octanol–water partition coefficient (Wildman–Crippen LogP) is 4.17. The van der Waals surface area contributed by atoms with Crippen LogP contribution in [0.25, 0.3) is 16.9 Å². The van der Waals surface area contributed by atoms with Crippen LogP contribution in [0.1, 0.15) is 21.5 Å². The number of carbonyl (C=O) groups is 1. The first-order valence-corrected chi connectivity index (χ1v) is 9.10. The van der Waals surface area contributed by atoms with Crippen LogP contribution in [0.4, 0.5) is 0 Å². The maximum Gasteiger partial charge on any atom is 0.255 e. The second-order valence-corrected chi connectivity index (χ2v) is 6.53. The van der Waals surface area contributed by atoms with Crippen LogP contribution in [0.5, 0.6) is 0 Å². The zero-order chi connectivity index (χ0) is 19.3. The lowest BCUT2D eigenvalue weighted by molar-refractivity contribution is 0.0951. The Kier molecular flexibility index (Phi) is 4.97. The van der Waals surface area contributed by atoms with Crippen LogP contribution >= 0.6 is 0 Å². The molecule has 0 fully saturated rings. The van der Waals surface area contributed by atoms with Crippen LogP contribution in [-0.2, 0) is 6.54 Å². The van der Waals surface area contributed by atoms with E-state index < -0.39 is 0 Å². The van der Waals surface area contributed by atoms with Crippen molar-refractivity contribution in [3.05, 3.63) is 102 Å². The minimum absolute atomic E-state index is 0.163. The highest BCUT2D eigenvalue weighted by Gasteiger charge is 2.19. The molecule has 5 heteroatoms. The van der Waals surface area contributed by atoms with Gasteiger partial charge >= 0.3 is 0 Å². The Balaban J connectivity index is 1.71. The summed E-state index contributed by atoms with van der Waals surface area (Å²) in [6, 6.07) is 21.5. The van der Waals surface area contributed by atoms with E-state index in [1.165, 1.54) is 0 Å². The summed E-state index contributed by atoms with van der Waals surface area (Å²) in [6.45, 7) is 2.44. The average molecular weight is 368 g/mol. The van der Waals surface area contributed by atoms with Crippen molar-refractivity contribution in [3.63, 3.8) is 0 Å². The van der Waals surface area contributed by atoms with Gasteiger partial charge in [0.25, 0.3) is 5.91 Å². The fourth-order valence-corrected chi connectivity index (χ4v) is 3.07. The Bertz CT molecular complexity index is 1090. The third-order valence-corrected chi connectivity index (χ3v) is 4.56. The molecule has 0 aliphatic heterocycles. The molecule has 0 saturated heterocycles. The van der Waals surface area contributed by atoms with Gasteiger partial charge < -0.3 is 5.32 Å². The van der Waals surface area contributed by atoms with Crippen LogP contribution in [0.2, 0.25) is 0 Å². The van der Waals surface area contributed by atoms with Crippen molar-refractivity contribution in [2.24, 2.45) is 0 Å². The Labute approximate surface area is 163 Å². The molecule has 5 nitrogen and oxygen atoms in total. The molecule has 0 spiro atoms. The number of aryl methyl sites for hydroxylation is 1. The number of nitrogens with zero attached hydrogens (tertiary/aromatic N) is 3. The van der Waals surface area contributed by atoms with Crippen molar-refractivity contribution in [1.29, 1.82) is 0 Å². The number of benzene rings is 2. The second-order valence-electron chi connectivity index (χ2n) is 6.53. The number of hydrogen-bond donors (Lipinski definition) is 1. The van der Waals surface area contributed by atoms with Crippen molar-refractivity contribution in [2.75, 3.05) is 0 Å².